The third kappa shape index (κ3) is 3.06. The minimum atomic E-state index is 0.172. The lowest BCUT2D eigenvalue weighted by molar-refractivity contribution is 0.0898. The molecule has 1 heterocycles. The van der Waals surface area contributed by atoms with Gasteiger partial charge in [0.15, 0.2) is 0 Å². The summed E-state index contributed by atoms with van der Waals surface area (Å²) in [7, 11) is 4.24. The van der Waals surface area contributed by atoms with Crippen molar-refractivity contribution in [3.05, 3.63) is 16.1 Å². The maximum absolute atomic E-state index is 4.32. The van der Waals surface area contributed by atoms with E-state index in [-0.39, 0.29) is 5.54 Å². The minimum absolute atomic E-state index is 0.172. The Morgan fingerprint density at radius 2 is 2.24 bits per heavy atom. The van der Waals surface area contributed by atoms with Gasteiger partial charge < -0.3 is 5.32 Å². The maximum atomic E-state index is 4.32. The summed E-state index contributed by atoms with van der Waals surface area (Å²) in [6, 6.07) is 0.464. The van der Waals surface area contributed by atoms with Gasteiger partial charge in [0.1, 0.15) is 0 Å². The van der Waals surface area contributed by atoms with Crippen molar-refractivity contribution in [1.29, 1.82) is 0 Å². The summed E-state index contributed by atoms with van der Waals surface area (Å²) in [5.74, 6) is 0. The van der Waals surface area contributed by atoms with E-state index in [1.165, 1.54) is 4.88 Å². The van der Waals surface area contributed by atoms with Crippen molar-refractivity contribution in [3.63, 3.8) is 0 Å². The van der Waals surface area contributed by atoms with Crippen molar-refractivity contribution in [1.82, 2.24) is 15.2 Å². The molecule has 0 radical (unpaired) electrons. The van der Waals surface area contributed by atoms with Crippen molar-refractivity contribution in [2.24, 2.45) is 0 Å². The summed E-state index contributed by atoms with van der Waals surface area (Å²) in [6.07, 6.45) is 1.13. The Hall–Kier alpha value is -0.450. The zero-order valence-corrected chi connectivity index (χ0v) is 12.7. The lowest BCUT2D eigenvalue weighted by Gasteiger charge is -2.43. The van der Waals surface area contributed by atoms with Crippen molar-refractivity contribution in [2.45, 2.75) is 52.2 Å². The van der Waals surface area contributed by atoms with Gasteiger partial charge in [0.25, 0.3) is 0 Å². The van der Waals surface area contributed by atoms with Gasteiger partial charge in [0, 0.05) is 23.0 Å². The minimum Gasteiger partial charge on any atom is -0.315 e. The van der Waals surface area contributed by atoms with E-state index in [1.54, 1.807) is 11.3 Å². The number of hydrogen-bond donors (Lipinski definition) is 1. The normalized spacial score (nSPS) is 17.1. The van der Waals surface area contributed by atoms with E-state index in [0.29, 0.717) is 6.04 Å². The van der Waals surface area contributed by atoms with Gasteiger partial charge in [-0.1, -0.05) is 6.92 Å². The molecule has 0 fully saturated rings. The van der Waals surface area contributed by atoms with E-state index < -0.39 is 0 Å². The summed E-state index contributed by atoms with van der Waals surface area (Å²) in [4.78, 5) is 8.13. The lowest BCUT2D eigenvalue weighted by Crippen LogP contribution is -2.55. The van der Waals surface area contributed by atoms with Crippen molar-refractivity contribution >= 4 is 11.3 Å². The lowest BCUT2D eigenvalue weighted by atomic mass is 9.88. The Bertz CT molecular complexity index is 350. The number of thiazole rings is 1. The second-order valence-corrected chi connectivity index (χ2v) is 5.88. The third-order valence-corrected chi connectivity index (χ3v) is 5.10. The fourth-order valence-electron chi connectivity index (χ4n) is 2.09. The van der Waals surface area contributed by atoms with Crippen LogP contribution in [0.3, 0.4) is 0 Å². The van der Waals surface area contributed by atoms with Crippen LogP contribution in [0.5, 0.6) is 0 Å². The quantitative estimate of drug-likeness (QED) is 0.847. The number of hydrogen-bond acceptors (Lipinski definition) is 4. The summed E-state index contributed by atoms with van der Waals surface area (Å²) >= 11 is 1.75. The number of rotatable bonds is 6. The Kier molecular flexibility index (Phi) is 5.10. The predicted octanol–water partition coefficient (Wildman–Crippen LogP) is 2.66. The molecule has 0 aliphatic rings. The predicted molar refractivity (Wildman–Crippen MR) is 75.5 cm³/mol. The molecule has 3 nitrogen and oxygen atoms in total. The van der Waals surface area contributed by atoms with Crippen LogP contribution in [0.4, 0.5) is 0 Å². The van der Waals surface area contributed by atoms with Gasteiger partial charge in [-0.15, -0.1) is 11.3 Å². The van der Waals surface area contributed by atoms with Crippen LogP contribution in [-0.4, -0.2) is 35.6 Å². The fourth-order valence-corrected chi connectivity index (χ4v) is 2.92. The van der Waals surface area contributed by atoms with Crippen molar-refractivity contribution in [2.75, 3.05) is 14.1 Å². The van der Waals surface area contributed by atoms with Gasteiger partial charge in [-0.2, -0.15) is 0 Å². The van der Waals surface area contributed by atoms with Gasteiger partial charge >= 0.3 is 0 Å². The van der Waals surface area contributed by atoms with Gasteiger partial charge in [0.05, 0.1) is 11.2 Å². The SMILES string of the molecule is CCC(C)(C(C)NC)N(C)Cc1scnc1C. The average Bonchev–Trinajstić information content (AvgIpc) is 2.72. The van der Waals surface area contributed by atoms with E-state index in [2.05, 4.69) is 49.9 Å². The second-order valence-electron chi connectivity index (χ2n) is 4.94. The van der Waals surface area contributed by atoms with Crippen molar-refractivity contribution in [3.8, 4) is 0 Å². The van der Waals surface area contributed by atoms with Gasteiger partial charge in [-0.3, -0.25) is 4.90 Å². The molecule has 2 atom stereocenters. The molecule has 0 aromatic carbocycles. The Morgan fingerprint density at radius 1 is 1.59 bits per heavy atom. The molecule has 1 rings (SSSR count). The third-order valence-electron chi connectivity index (χ3n) is 4.18. The zero-order chi connectivity index (χ0) is 13.1. The van der Waals surface area contributed by atoms with Crippen LogP contribution in [0.1, 0.15) is 37.8 Å². The van der Waals surface area contributed by atoms with Crippen molar-refractivity contribution < 1.29 is 0 Å². The van der Waals surface area contributed by atoms with Crippen LogP contribution < -0.4 is 5.32 Å². The number of likely N-dealkylation sites (N-methyl/N-ethyl adjacent to an activating group) is 2. The molecular weight excluding hydrogens is 230 g/mol. The molecule has 2 unspecified atom stereocenters. The average molecular weight is 255 g/mol. The first-order chi connectivity index (χ1) is 7.95. The van der Waals surface area contributed by atoms with Gasteiger partial charge in [0.2, 0.25) is 0 Å². The molecule has 0 saturated carbocycles. The molecule has 1 N–H and O–H groups in total. The summed E-state index contributed by atoms with van der Waals surface area (Å²) in [5, 5.41) is 3.38. The Morgan fingerprint density at radius 3 is 2.65 bits per heavy atom. The molecule has 0 spiro atoms. The first-order valence-electron chi connectivity index (χ1n) is 6.23. The first kappa shape index (κ1) is 14.6. The van der Waals surface area contributed by atoms with Crippen LogP contribution in [0, 0.1) is 6.92 Å². The van der Waals surface area contributed by atoms with E-state index >= 15 is 0 Å². The Balaban J connectivity index is 2.80. The van der Waals surface area contributed by atoms with Gasteiger partial charge in [-0.25, -0.2) is 4.98 Å². The van der Waals surface area contributed by atoms with Crippen LogP contribution in [0.2, 0.25) is 0 Å². The van der Waals surface area contributed by atoms with E-state index in [9.17, 15) is 0 Å². The Labute approximate surface area is 109 Å². The molecule has 1 aromatic heterocycles. The van der Waals surface area contributed by atoms with Crippen LogP contribution in [0.15, 0.2) is 5.51 Å². The van der Waals surface area contributed by atoms with E-state index in [4.69, 9.17) is 0 Å². The highest BCUT2D eigenvalue weighted by molar-refractivity contribution is 7.09. The standard InChI is InChI=1S/C13H25N3S/c1-7-13(4,11(3)14-5)16(6)8-12-10(2)15-9-17-12/h9,11,14H,7-8H2,1-6H3. The highest BCUT2D eigenvalue weighted by atomic mass is 32.1. The van der Waals surface area contributed by atoms with Crippen LogP contribution >= 0.6 is 11.3 Å². The van der Waals surface area contributed by atoms with Crippen LogP contribution in [-0.2, 0) is 6.54 Å². The smallest absolute Gasteiger partial charge is 0.0798 e. The zero-order valence-electron chi connectivity index (χ0n) is 11.9. The van der Waals surface area contributed by atoms with E-state index in [0.717, 1.165) is 18.7 Å². The molecule has 4 heteroatoms. The number of aromatic nitrogens is 1. The summed E-state index contributed by atoms with van der Waals surface area (Å²) in [6.45, 7) is 9.89. The fraction of sp³-hybridized carbons (Fsp3) is 0.769. The second kappa shape index (κ2) is 5.94. The molecule has 98 valence electrons. The van der Waals surface area contributed by atoms with Crippen LogP contribution in [0.25, 0.3) is 0 Å². The molecule has 0 bridgehead atoms. The largest absolute Gasteiger partial charge is 0.315 e. The molecule has 0 aliphatic heterocycles. The maximum Gasteiger partial charge on any atom is 0.0798 e. The van der Waals surface area contributed by atoms with E-state index in [1.807, 2.05) is 12.6 Å². The molecule has 0 aliphatic carbocycles. The number of nitrogens with zero attached hydrogens (tertiary/aromatic N) is 2. The molecule has 0 amide bonds. The molecular formula is C13H25N3S. The highest BCUT2D eigenvalue weighted by Crippen LogP contribution is 2.26. The summed E-state index contributed by atoms with van der Waals surface area (Å²) in [5.41, 5.74) is 3.27. The monoisotopic (exact) mass is 255 g/mol. The first-order valence-corrected chi connectivity index (χ1v) is 7.11. The number of nitrogens with one attached hydrogen (secondary N) is 1. The van der Waals surface area contributed by atoms with Gasteiger partial charge in [-0.05, 0) is 41.3 Å². The molecule has 0 saturated heterocycles. The molecule has 17 heavy (non-hydrogen) atoms. The topological polar surface area (TPSA) is 28.2 Å². The molecule has 1 aromatic rings. The summed E-state index contributed by atoms with van der Waals surface area (Å²) < 4.78 is 0. The highest BCUT2D eigenvalue weighted by Gasteiger charge is 2.33. The number of aryl methyl sites for hydroxylation is 1.